The maximum atomic E-state index is 12.8. The van der Waals surface area contributed by atoms with Crippen LogP contribution in [0, 0.1) is 16.7 Å². The molecule has 2 amide bonds. The molecule has 0 saturated carbocycles. The molecule has 1 aliphatic rings. The second-order valence-corrected chi connectivity index (χ2v) is 8.20. The Kier molecular flexibility index (Phi) is 8.00. The molecule has 1 aromatic rings. The molecule has 154 valence electrons. The van der Waals surface area contributed by atoms with Gasteiger partial charge in [0.05, 0.1) is 29.8 Å². The van der Waals surface area contributed by atoms with Crippen molar-refractivity contribution in [3.05, 3.63) is 35.4 Å². The highest BCUT2D eigenvalue weighted by molar-refractivity contribution is 5.91. The van der Waals surface area contributed by atoms with Crippen LogP contribution in [0.25, 0.3) is 0 Å². The van der Waals surface area contributed by atoms with Crippen LogP contribution in [0.4, 0.5) is 0 Å². The Morgan fingerprint density at radius 3 is 2.39 bits per heavy atom. The third-order valence-corrected chi connectivity index (χ3v) is 4.96. The van der Waals surface area contributed by atoms with Gasteiger partial charge in [0.15, 0.2) is 0 Å². The van der Waals surface area contributed by atoms with Gasteiger partial charge in [-0.2, -0.15) is 5.26 Å². The number of nitriles is 1. The number of aliphatic hydroxyl groups excluding tert-OH is 1. The lowest BCUT2D eigenvalue weighted by atomic mass is 9.86. The number of carbonyl (C=O) groups is 2. The number of halogens is 1. The average Bonchev–Trinajstić information content (AvgIpc) is 3.01. The summed E-state index contributed by atoms with van der Waals surface area (Å²) < 4.78 is 0. The first-order valence-electron chi connectivity index (χ1n) is 9.09. The predicted octanol–water partition coefficient (Wildman–Crippen LogP) is 1.49. The highest BCUT2D eigenvalue weighted by Crippen LogP contribution is 2.25. The molecule has 2 unspecified atom stereocenters. The van der Waals surface area contributed by atoms with Crippen molar-refractivity contribution < 1.29 is 14.7 Å². The smallest absolute Gasteiger partial charge is 0.243 e. The van der Waals surface area contributed by atoms with Crippen LogP contribution in [0.15, 0.2) is 24.3 Å². The summed E-state index contributed by atoms with van der Waals surface area (Å²) >= 11 is 0. The Bertz CT molecular complexity index is 739. The largest absolute Gasteiger partial charge is 0.391 e. The topological polar surface area (TPSA) is 119 Å². The monoisotopic (exact) mass is 408 g/mol. The molecule has 4 atom stereocenters. The average molecular weight is 409 g/mol. The van der Waals surface area contributed by atoms with Gasteiger partial charge in [-0.3, -0.25) is 9.59 Å². The number of nitrogens with zero attached hydrogens (tertiary/aromatic N) is 2. The first-order chi connectivity index (χ1) is 12.5. The van der Waals surface area contributed by atoms with E-state index in [-0.39, 0.29) is 43.2 Å². The molecule has 0 bridgehead atoms. The quantitative estimate of drug-likeness (QED) is 0.697. The number of rotatable bonds is 4. The van der Waals surface area contributed by atoms with E-state index in [1.165, 1.54) is 4.90 Å². The van der Waals surface area contributed by atoms with Crippen molar-refractivity contribution in [1.29, 1.82) is 5.26 Å². The molecule has 8 heteroatoms. The van der Waals surface area contributed by atoms with Gasteiger partial charge in [-0.25, -0.2) is 0 Å². The highest BCUT2D eigenvalue weighted by atomic mass is 35.5. The van der Waals surface area contributed by atoms with Crippen molar-refractivity contribution in [3.63, 3.8) is 0 Å². The molecule has 4 N–H and O–H groups in total. The van der Waals surface area contributed by atoms with Crippen molar-refractivity contribution in [1.82, 2.24) is 10.2 Å². The van der Waals surface area contributed by atoms with Crippen LogP contribution in [-0.4, -0.2) is 46.6 Å². The van der Waals surface area contributed by atoms with Crippen LogP contribution in [0.1, 0.15) is 51.3 Å². The standard InChI is InChI=1S/C20H28N4O3.ClH/c1-12(14-7-5-13(10-21)6-8-14)23-18(26)16-9-15(25)11-24(16)19(27)17(22)20(2,3)4;/h5-8,12,15-17,25H,9,11,22H2,1-4H3,(H,23,26);1H/t12?,15-,16+,17?;/m1./s1. The van der Waals surface area contributed by atoms with Crippen molar-refractivity contribution in [2.45, 2.75) is 58.3 Å². The third-order valence-electron chi connectivity index (χ3n) is 4.96. The number of nitrogens with one attached hydrogen (secondary N) is 1. The molecule has 1 saturated heterocycles. The van der Waals surface area contributed by atoms with Crippen LogP contribution >= 0.6 is 12.4 Å². The van der Waals surface area contributed by atoms with Crippen LogP contribution in [-0.2, 0) is 9.59 Å². The number of hydrogen-bond donors (Lipinski definition) is 3. The van der Waals surface area contributed by atoms with Crippen molar-refractivity contribution in [3.8, 4) is 6.07 Å². The Morgan fingerprint density at radius 1 is 1.32 bits per heavy atom. The lowest BCUT2D eigenvalue weighted by Crippen LogP contribution is -2.55. The van der Waals surface area contributed by atoms with Crippen LogP contribution < -0.4 is 11.1 Å². The molecular formula is C20H29ClN4O3. The molecule has 28 heavy (non-hydrogen) atoms. The molecule has 1 fully saturated rings. The number of amides is 2. The second kappa shape index (κ2) is 9.37. The first kappa shape index (κ1) is 23.9. The van der Waals surface area contributed by atoms with Gasteiger partial charge in [0.2, 0.25) is 11.8 Å². The number of likely N-dealkylation sites (tertiary alicyclic amines) is 1. The van der Waals surface area contributed by atoms with Crippen molar-refractivity contribution >= 4 is 24.2 Å². The summed E-state index contributed by atoms with van der Waals surface area (Å²) in [6, 6.07) is 7.20. The fourth-order valence-corrected chi connectivity index (χ4v) is 3.09. The maximum absolute atomic E-state index is 12.8. The van der Waals surface area contributed by atoms with Gasteiger partial charge in [0.25, 0.3) is 0 Å². The lowest BCUT2D eigenvalue weighted by Gasteiger charge is -2.32. The van der Waals surface area contributed by atoms with E-state index in [1.54, 1.807) is 24.3 Å². The summed E-state index contributed by atoms with van der Waals surface area (Å²) in [5.74, 6) is -0.650. The Labute approximate surface area is 172 Å². The van der Waals surface area contributed by atoms with E-state index in [1.807, 2.05) is 27.7 Å². The summed E-state index contributed by atoms with van der Waals surface area (Å²) in [5, 5.41) is 21.8. The van der Waals surface area contributed by atoms with Crippen molar-refractivity contribution in [2.24, 2.45) is 11.1 Å². The van der Waals surface area contributed by atoms with E-state index >= 15 is 0 Å². The molecule has 0 spiro atoms. The zero-order valence-electron chi connectivity index (χ0n) is 16.7. The third kappa shape index (κ3) is 5.44. The normalized spacial score (nSPS) is 21.2. The number of benzene rings is 1. The molecule has 0 aliphatic carbocycles. The first-order valence-corrected chi connectivity index (χ1v) is 9.09. The van der Waals surface area contributed by atoms with E-state index in [0.717, 1.165) is 5.56 Å². The van der Waals surface area contributed by atoms with Gasteiger partial charge in [-0.1, -0.05) is 32.9 Å². The van der Waals surface area contributed by atoms with E-state index in [2.05, 4.69) is 11.4 Å². The highest BCUT2D eigenvalue weighted by Gasteiger charge is 2.42. The minimum Gasteiger partial charge on any atom is -0.391 e. The number of nitrogens with two attached hydrogens (primary N) is 1. The van der Waals surface area contributed by atoms with E-state index in [9.17, 15) is 14.7 Å². The van der Waals surface area contributed by atoms with Crippen LogP contribution in [0.2, 0.25) is 0 Å². The van der Waals surface area contributed by atoms with Gasteiger partial charge in [-0.15, -0.1) is 12.4 Å². The predicted molar refractivity (Wildman–Crippen MR) is 109 cm³/mol. The summed E-state index contributed by atoms with van der Waals surface area (Å²) in [5.41, 5.74) is 7.03. The zero-order valence-corrected chi connectivity index (χ0v) is 17.5. The molecule has 2 rings (SSSR count). The molecule has 0 radical (unpaired) electrons. The maximum Gasteiger partial charge on any atom is 0.243 e. The molecule has 0 aromatic heterocycles. The van der Waals surface area contributed by atoms with Gasteiger partial charge in [0, 0.05) is 13.0 Å². The minimum atomic E-state index is -0.756. The number of hydrogen-bond acceptors (Lipinski definition) is 5. The summed E-state index contributed by atoms with van der Waals surface area (Å²) in [4.78, 5) is 26.9. The molecular weight excluding hydrogens is 380 g/mol. The second-order valence-electron chi connectivity index (χ2n) is 8.20. The Hall–Kier alpha value is -2.14. The molecule has 1 aromatic carbocycles. The Morgan fingerprint density at radius 2 is 1.89 bits per heavy atom. The fourth-order valence-electron chi connectivity index (χ4n) is 3.09. The number of β-amino-alcohol motifs (C(OH)–C–C–N with tert-alkyl or cyclic N) is 1. The minimum absolute atomic E-state index is 0. The van der Waals surface area contributed by atoms with Crippen LogP contribution in [0.5, 0.6) is 0 Å². The number of aliphatic hydroxyl groups is 1. The van der Waals surface area contributed by atoms with Gasteiger partial charge in [-0.05, 0) is 30.0 Å². The number of carbonyl (C=O) groups excluding carboxylic acids is 2. The van der Waals surface area contributed by atoms with E-state index in [0.29, 0.717) is 5.56 Å². The Balaban J connectivity index is 0.00000392. The van der Waals surface area contributed by atoms with Gasteiger partial charge in [0.1, 0.15) is 6.04 Å². The summed E-state index contributed by atoms with van der Waals surface area (Å²) in [7, 11) is 0. The summed E-state index contributed by atoms with van der Waals surface area (Å²) in [6.07, 6.45) is -0.559. The molecule has 7 nitrogen and oxygen atoms in total. The molecule has 1 aliphatic heterocycles. The van der Waals surface area contributed by atoms with Crippen molar-refractivity contribution in [2.75, 3.05) is 6.54 Å². The lowest BCUT2D eigenvalue weighted by molar-refractivity contribution is -0.141. The van der Waals surface area contributed by atoms with Gasteiger partial charge < -0.3 is 21.1 Å². The fraction of sp³-hybridized carbons (Fsp3) is 0.550. The van der Waals surface area contributed by atoms with Crippen LogP contribution in [0.3, 0.4) is 0 Å². The summed E-state index contributed by atoms with van der Waals surface area (Å²) in [6.45, 7) is 7.53. The van der Waals surface area contributed by atoms with E-state index < -0.39 is 23.6 Å². The SMILES string of the molecule is CC(NC(=O)[C@@H]1C[C@@H](O)CN1C(=O)C(N)C(C)(C)C)c1ccc(C#N)cc1.Cl. The van der Waals surface area contributed by atoms with Gasteiger partial charge >= 0.3 is 0 Å². The van der Waals surface area contributed by atoms with E-state index in [4.69, 9.17) is 11.0 Å². The molecule has 1 heterocycles. The zero-order chi connectivity index (χ0) is 20.4.